The Morgan fingerprint density at radius 3 is 2.16 bits per heavy atom. The fourth-order valence-electron chi connectivity index (χ4n) is 1.13. The molecule has 0 fully saturated rings. The SMILES string of the molecule is CC.CN(C)CCCC(=O)ON(C)C(=O)CCC=O. The lowest BCUT2D eigenvalue weighted by atomic mass is 10.3. The Labute approximate surface area is 115 Å². The third kappa shape index (κ3) is 12.8. The van der Waals surface area contributed by atoms with Crippen molar-refractivity contribution < 1.29 is 19.2 Å². The maximum atomic E-state index is 11.3. The fraction of sp³-hybridized carbons (Fsp3) is 0.769. The summed E-state index contributed by atoms with van der Waals surface area (Å²) < 4.78 is 0. The molecular weight excluding hydrogens is 248 g/mol. The molecule has 0 aliphatic carbocycles. The molecule has 0 aliphatic rings. The molecule has 0 unspecified atom stereocenters. The minimum Gasteiger partial charge on any atom is -0.338 e. The first-order valence-electron chi connectivity index (χ1n) is 6.53. The number of hydroxylamine groups is 2. The van der Waals surface area contributed by atoms with Gasteiger partial charge in [-0.15, -0.1) is 0 Å². The molecular formula is C13H26N2O4. The zero-order valence-electron chi connectivity index (χ0n) is 12.6. The van der Waals surface area contributed by atoms with Gasteiger partial charge in [0.25, 0.3) is 5.91 Å². The van der Waals surface area contributed by atoms with Crippen LogP contribution < -0.4 is 0 Å². The number of hydrogen-bond donors (Lipinski definition) is 0. The predicted molar refractivity (Wildman–Crippen MR) is 73.3 cm³/mol. The van der Waals surface area contributed by atoms with Crippen LogP contribution in [-0.4, -0.2) is 55.8 Å². The molecule has 0 heterocycles. The van der Waals surface area contributed by atoms with Crippen LogP contribution in [0.1, 0.15) is 39.5 Å². The molecule has 0 bridgehead atoms. The van der Waals surface area contributed by atoms with Gasteiger partial charge in [0, 0.05) is 26.3 Å². The van der Waals surface area contributed by atoms with E-state index in [1.807, 2.05) is 32.8 Å². The highest BCUT2D eigenvalue weighted by Gasteiger charge is 2.13. The van der Waals surface area contributed by atoms with Crippen LogP contribution >= 0.6 is 0 Å². The van der Waals surface area contributed by atoms with Crippen LogP contribution in [0.25, 0.3) is 0 Å². The summed E-state index contributed by atoms with van der Waals surface area (Å²) in [4.78, 5) is 39.5. The lowest BCUT2D eigenvalue weighted by molar-refractivity contribution is -0.192. The summed E-state index contributed by atoms with van der Waals surface area (Å²) >= 11 is 0. The Balaban J connectivity index is 0. The van der Waals surface area contributed by atoms with E-state index in [9.17, 15) is 14.4 Å². The standard InChI is InChI=1S/C11H20N2O4.C2H6/c1-12(2)8-4-7-11(16)17-13(3)10(15)6-5-9-14;1-2/h9H,4-8H2,1-3H3;1-2H3. The van der Waals surface area contributed by atoms with Gasteiger partial charge in [-0.05, 0) is 27.1 Å². The number of carbonyl (C=O) groups is 3. The van der Waals surface area contributed by atoms with Crippen molar-refractivity contribution in [3.05, 3.63) is 0 Å². The molecule has 6 heteroatoms. The van der Waals surface area contributed by atoms with Gasteiger partial charge in [0.05, 0.1) is 0 Å². The fourth-order valence-corrected chi connectivity index (χ4v) is 1.13. The van der Waals surface area contributed by atoms with Crippen molar-refractivity contribution in [3.8, 4) is 0 Å². The Morgan fingerprint density at radius 2 is 1.68 bits per heavy atom. The molecule has 0 rings (SSSR count). The van der Waals surface area contributed by atoms with Crippen molar-refractivity contribution >= 4 is 18.2 Å². The number of amides is 1. The molecule has 0 aromatic heterocycles. The van der Waals surface area contributed by atoms with Gasteiger partial charge in [-0.2, -0.15) is 5.06 Å². The normalized spacial score (nSPS) is 9.37. The first kappa shape index (κ1) is 19.9. The first-order chi connectivity index (χ1) is 8.97. The minimum atomic E-state index is -0.436. The van der Waals surface area contributed by atoms with E-state index in [4.69, 9.17) is 4.84 Å². The van der Waals surface area contributed by atoms with E-state index in [0.717, 1.165) is 11.6 Å². The van der Waals surface area contributed by atoms with Crippen LogP contribution in [0, 0.1) is 0 Å². The van der Waals surface area contributed by atoms with Crippen LogP contribution in [-0.2, 0) is 19.2 Å². The predicted octanol–water partition coefficient (Wildman–Crippen LogP) is 1.25. The van der Waals surface area contributed by atoms with Gasteiger partial charge in [-0.25, -0.2) is 4.79 Å². The smallest absolute Gasteiger partial charge is 0.332 e. The van der Waals surface area contributed by atoms with E-state index in [0.29, 0.717) is 12.7 Å². The second-order valence-corrected chi connectivity index (χ2v) is 3.97. The zero-order chi connectivity index (χ0) is 15.3. The second-order valence-electron chi connectivity index (χ2n) is 3.97. The van der Waals surface area contributed by atoms with Crippen LogP contribution in [0.2, 0.25) is 0 Å². The van der Waals surface area contributed by atoms with Gasteiger partial charge in [-0.1, -0.05) is 13.8 Å². The van der Waals surface area contributed by atoms with E-state index >= 15 is 0 Å². The summed E-state index contributed by atoms with van der Waals surface area (Å²) in [7, 11) is 5.21. The molecule has 6 nitrogen and oxygen atoms in total. The minimum absolute atomic E-state index is 0.0605. The molecule has 0 saturated carbocycles. The average Bonchev–Trinajstić information content (AvgIpc) is 2.37. The third-order valence-electron chi connectivity index (χ3n) is 2.05. The monoisotopic (exact) mass is 274 g/mol. The number of hydrogen-bond acceptors (Lipinski definition) is 5. The molecule has 0 aromatic carbocycles. The zero-order valence-corrected chi connectivity index (χ0v) is 12.6. The highest BCUT2D eigenvalue weighted by molar-refractivity contribution is 5.79. The van der Waals surface area contributed by atoms with Crippen molar-refractivity contribution in [2.24, 2.45) is 0 Å². The number of rotatable bonds is 7. The van der Waals surface area contributed by atoms with Crippen LogP contribution in [0.5, 0.6) is 0 Å². The highest BCUT2D eigenvalue weighted by atomic mass is 16.7. The van der Waals surface area contributed by atoms with Gasteiger partial charge >= 0.3 is 5.97 Å². The summed E-state index contributed by atoms with van der Waals surface area (Å²) in [5.74, 6) is -0.813. The lowest BCUT2D eigenvalue weighted by Gasteiger charge is -2.16. The lowest BCUT2D eigenvalue weighted by Crippen LogP contribution is -2.30. The van der Waals surface area contributed by atoms with Gasteiger partial charge in [0.2, 0.25) is 0 Å². The molecule has 112 valence electrons. The molecule has 0 saturated heterocycles. The quantitative estimate of drug-likeness (QED) is 0.516. The Bertz CT molecular complexity index is 267. The molecule has 19 heavy (non-hydrogen) atoms. The topological polar surface area (TPSA) is 66.9 Å². The van der Waals surface area contributed by atoms with Crippen molar-refractivity contribution in [2.45, 2.75) is 39.5 Å². The molecule has 0 atom stereocenters. The molecule has 0 spiro atoms. The largest absolute Gasteiger partial charge is 0.338 e. The Hall–Kier alpha value is -1.43. The van der Waals surface area contributed by atoms with E-state index in [2.05, 4.69) is 0 Å². The summed E-state index contributed by atoms with van der Waals surface area (Å²) in [6.45, 7) is 4.79. The molecule has 0 aliphatic heterocycles. The van der Waals surface area contributed by atoms with E-state index in [-0.39, 0.29) is 25.2 Å². The summed E-state index contributed by atoms with van der Waals surface area (Å²) in [5, 5.41) is 0.890. The number of aldehydes is 1. The number of nitrogens with zero attached hydrogens (tertiary/aromatic N) is 2. The maximum absolute atomic E-state index is 11.3. The number of carbonyl (C=O) groups excluding carboxylic acids is 3. The van der Waals surface area contributed by atoms with Crippen molar-refractivity contribution in [2.75, 3.05) is 27.7 Å². The van der Waals surface area contributed by atoms with E-state index < -0.39 is 5.97 Å². The summed E-state index contributed by atoms with van der Waals surface area (Å²) in [5.41, 5.74) is 0. The molecule has 0 N–H and O–H groups in total. The molecule has 1 amide bonds. The van der Waals surface area contributed by atoms with Gasteiger partial charge in [0.15, 0.2) is 0 Å². The van der Waals surface area contributed by atoms with E-state index in [1.165, 1.54) is 7.05 Å². The van der Waals surface area contributed by atoms with Crippen molar-refractivity contribution in [1.82, 2.24) is 9.96 Å². The molecule has 0 aromatic rings. The average molecular weight is 274 g/mol. The van der Waals surface area contributed by atoms with Crippen molar-refractivity contribution in [3.63, 3.8) is 0 Å². The maximum Gasteiger partial charge on any atom is 0.332 e. The Morgan fingerprint density at radius 1 is 1.11 bits per heavy atom. The third-order valence-corrected chi connectivity index (χ3v) is 2.05. The van der Waals surface area contributed by atoms with Crippen LogP contribution in [0.15, 0.2) is 0 Å². The van der Waals surface area contributed by atoms with Crippen LogP contribution in [0.4, 0.5) is 0 Å². The van der Waals surface area contributed by atoms with Gasteiger partial charge in [0.1, 0.15) is 6.29 Å². The molecule has 0 radical (unpaired) electrons. The second kappa shape index (κ2) is 13.0. The summed E-state index contributed by atoms with van der Waals surface area (Å²) in [6, 6.07) is 0. The van der Waals surface area contributed by atoms with E-state index in [1.54, 1.807) is 0 Å². The summed E-state index contributed by atoms with van der Waals surface area (Å²) in [6.07, 6.45) is 1.81. The highest BCUT2D eigenvalue weighted by Crippen LogP contribution is 1.99. The van der Waals surface area contributed by atoms with Gasteiger partial charge < -0.3 is 14.5 Å². The Kier molecular flexibility index (Phi) is 13.6. The van der Waals surface area contributed by atoms with Crippen LogP contribution in [0.3, 0.4) is 0 Å². The van der Waals surface area contributed by atoms with Gasteiger partial charge in [-0.3, -0.25) is 4.79 Å². The van der Waals surface area contributed by atoms with Crippen molar-refractivity contribution in [1.29, 1.82) is 0 Å². The first-order valence-corrected chi connectivity index (χ1v) is 6.53.